The molecule has 0 atom stereocenters. The zero-order valence-electron chi connectivity index (χ0n) is 12.2. The fraction of sp³-hybridized carbons (Fsp3) is 0.0556. The van der Waals surface area contributed by atoms with Gasteiger partial charge in [-0.25, -0.2) is 0 Å². The molecule has 0 radical (unpaired) electrons. The highest BCUT2D eigenvalue weighted by Gasteiger charge is 2.25. The molecule has 24 heavy (non-hydrogen) atoms. The molecule has 0 spiro atoms. The normalized spacial score (nSPS) is 8.79. The number of ether oxygens (including phenoxy) is 1. The van der Waals surface area contributed by atoms with Gasteiger partial charge in [0.05, 0.1) is 16.7 Å². The third-order valence-electron chi connectivity index (χ3n) is 3.24. The van der Waals surface area contributed by atoms with E-state index in [1.54, 1.807) is 54.6 Å². The number of nitriles is 5. The van der Waals surface area contributed by atoms with E-state index in [9.17, 15) is 26.3 Å². The zero-order valence-corrected chi connectivity index (χ0v) is 12.2. The molecule has 110 valence electrons. The lowest BCUT2D eigenvalue weighted by Gasteiger charge is -2.13. The minimum Gasteiger partial charge on any atom is -0.486 e. The molecule has 0 saturated heterocycles. The van der Waals surface area contributed by atoms with Gasteiger partial charge in [-0.1, -0.05) is 30.3 Å². The van der Waals surface area contributed by atoms with Crippen LogP contribution < -0.4 is 4.74 Å². The fourth-order valence-corrected chi connectivity index (χ4v) is 2.15. The molecule has 0 aliphatic rings. The topological polar surface area (TPSA) is 128 Å². The summed E-state index contributed by atoms with van der Waals surface area (Å²) in [6.45, 7) is 0.0475. The van der Waals surface area contributed by atoms with Gasteiger partial charge in [0.2, 0.25) is 0 Å². The summed E-state index contributed by atoms with van der Waals surface area (Å²) >= 11 is 0. The largest absolute Gasteiger partial charge is 0.486 e. The van der Waals surface area contributed by atoms with Crippen molar-refractivity contribution in [2.45, 2.75) is 6.61 Å². The predicted molar refractivity (Wildman–Crippen MR) is 80.8 cm³/mol. The maximum Gasteiger partial charge on any atom is 0.158 e. The van der Waals surface area contributed by atoms with E-state index in [4.69, 9.17) is 4.74 Å². The van der Waals surface area contributed by atoms with Crippen LogP contribution in [-0.2, 0) is 6.61 Å². The molecule has 0 heterocycles. The first-order valence-corrected chi connectivity index (χ1v) is 6.63. The van der Waals surface area contributed by atoms with Gasteiger partial charge in [0, 0.05) is 0 Å². The van der Waals surface area contributed by atoms with Crippen LogP contribution in [0.15, 0.2) is 30.3 Å². The second kappa shape index (κ2) is 7.11. The predicted octanol–water partition coefficient (Wildman–Crippen LogP) is 2.62. The molecule has 2 aromatic carbocycles. The Bertz CT molecular complexity index is 953. The van der Waals surface area contributed by atoms with Gasteiger partial charge >= 0.3 is 0 Å². The van der Waals surface area contributed by atoms with Crippen molar-refractivity contribution in [2.24, 2.45) is 0 Å². The van der Waals surface area contributed by atoms with E-state index in [2.05, 4.69) is 0 Å². The van der Waals surface area contributed by atoms with E-state index in [1.807, 2.05) is 6.07 Å². The molecule has 6 heteroatoms. The minimum absolute atomic E-state index is 0.0475. The Morgan fingerprint density at radius 1 is 0.625 bits per heavy atom. The maximum atomic E-state index is 9.35. The summed E-state index contributed by atoms with van der Waals surface area (Å²) in [7, 11) is 0. The first-order valence-electron chi connectivity index (χ1n) is 6.63. The highest BCUT2D eigenvalue weighted by atomic mass is 16.5. The number of hydrogen-bond acceptors (Lipinski definition) is 6. The Balaban J connectivity index is 2.69. The molecular formula is C18H7N5O. The Kier molecular flexibility index (Phi) is 4.76. The highest BCUT2D eigenvalue weighted by molar-refractivity contribution is 5.73. The van der Waals surface area contributed by atoms with Gasteiger partial charge in [0.1, 0.15) is 48.1 Å². The number of rotatable bonds is 3. The standard InChI is InChI=1S/C18H7N5O/c19-6-13-14(7-20)16(9-22)18(17(10-23)15(13)8-21)24-11-12-4-2-1-3-5-12/h1-5H,11H2. The summed E-state index contributed by atoms with van der Waals surface area (Å²) in [6.07, 6.45) is 0. The lowest BCUT2D eigenvalue weighted by Crippen LogP contribution is -2.06. The van der Waals surface area contributed by atoms with Crippen molar-refractivity contribution in [3.05, 3.63) is 63.7 Å². The van der Waals surface area contributed by atoms with Crippen molar-refractivity contribution in [3.63, 3.8) is 0 Å². The molecule has 0 aliphatic heterocycles. The van der Waals surface area contributed by atoms with Crippen molar-refractivity contribution in [3.8, 4) is 36.1 Å². The van der Waals surface area contributed by atoms with Crippen LogP contribution in [0.4, 0.5) is 0 Å². The van der Waals surface area contributed by atoms with E-state index >= 15 is 0 Å². The van der Waals surface area contributed by atoms with Gasteiger partial charge in [-0.3, -0.25) is 0 Å². The Morgan fingerprint density at radius 3 is 1.46 bits per heavy atom. The monoisotopic (exact) mass is 309 g/mol. The zero-order chi connectivity index (χ0) is 17.5. The van der Waals surface area contributed by atoms with Gasteiger partial charge < -0.3 is 4.74 Å². The van der Waals surface area contributed by atoms with Crippen LogP contribution in [0.2, 0.25) is 0 Å². The average Bonchev–Trinajstić information content (AvgIpc) is 2.64. The Labute approximate surface area is 138 Å². The van der Waals surface area contributed by atoms with E-state index in [0.29, 0.717) is 0 Å². The van der Waals surface area contributed by atoms with Gasteiger partial charge in [0.25, 0.3) is 0 Å². The average molecular weight is 309 g/mol. The third-order valence-corrected chi connectivity index (χ3v) is 3.24. The van der Waals surface area contributed by atoms with Gasteiger partial charge in [-0.2, -0.15) is 26.3 Å². The fourth-order valence-electron chi connectivity index (χ4n) is 2.15. The second-order valence-corrected chi connectivity index (χ2v) is 4.54. The van der Waals surface area contributed by atoms with Crippen molar-refractivity contribution in [2.75, 3.05) is 0 Å². The molecule has 6 nitrogen and oxygen atoms in total. The van der Waals surface area contributed by atoms with E-state index < -0.39 is 0 Å². The van der Waals surface area contributed by atoms with Crippen LogP contribution in [-0.4, -0.2) is 0 Å². The number of benzene rings is 2. The molecule has 0 fully saturated rings. The molecule has 2 rings (SSSR count). The Hall–Kier alpha value is -4.31. The number of hydrogen-bond donors (Lipinski definition) is 0. The highest BCUT2D eigenvalue weighted by Crippen LogP contribution is 2.33. The van der Waals surface area contributed by atoms with E-state index in [-0.39, 0.29) is 40.2 Å². The van der Waals surface area contributed by atoms with E-state index in [1.165, 1.54) is 0 Å². The van der Waals surface area contributed by atoms with Crippen molar-refractivity contribution in [1.82, 2.24) is 0 Å². The lowest BCUT2D eigenvalue weighted by atomic mass is 9.92. The third kappa shape index (κ3) is 2.70. The molecule has 2 aromatic rings. The van der Waals surface area contributed by atoms with Crippen LogP contribution in [0.5, 0.6) is 5.75 Å². The molecule has 0 aliphatic carbocycles. The smallest absolute Gasteiger partial charge is 0.158 e. The van der Waals surface area contributed by atoms with Crippen molar-refractivity contribution >= 4 is 0 Å². The second-order valence-electron chi connectivity index (χ2n) is 4.54. The molecule has 0 bridgehead atoms. The summed E-state index contributed by atoms with van der Waals surface area (Å²) in [6, 6.07) is 17.8. The summed E-state index contributed by atoms with van der Waals surface area (Å²) in [4.78, 5) is 0. The lowest BCUT2D eigenvalue weighted by molar-refractivity contribution is 0.304. The van der Waals surface area contributed by atoms with Gasteiger partial charge in [0.15, 0.2) is 5.75 Å². The van der Waals surface area contributed by atoms with Crippen LogP contribution in [0, 0.1) is 56.7 Å². The Morgan fingerprint density at radius 2 is 1.04 bits per heavy atom. The molecule has 0 N–H and O–H groups in total. The quantitative estimate of drug-likeness (QED) is 0.857. The molecule has 0 aromatic heterocycles. The minimum atomic E-state index is -0.292. The van der Waals surface area contributed by atoms with Crippen LogP contribution in [0.1, 0.15) is 33.4 Å². The molecular weight excluding hydrogens is 302 g/mol. The summed E-state index contributed by atoms with van der Waals surface area (Å²) in [5, 5.41) is 46.4. The summed E-state index contributed by atoms with van der Waals surface area (Å²) in [5.74, 6) is -0.157. The summed E-state index contributed by atoms with van der Waals surface area (Å²) < 4.78 is 5.56. The van der Waals surface area contributed by atoms with Crippen molar-refractivity contribution in [1.29, 1.82) is 26.3 Å². The molecule has 0 saturated carbocycles. The molecule has 0 amide bonds. The molecule has 0 unspecified atom stereocenters. The SMILES string of the molecule is N#Cc1c(C#N)c(C#N)c(OCc2ccccc2)c(C#N)c1C#N. The maximum absolute atomic E-state index is 9.35. The summed E-state index contributed by atoms with van der Waals surface area (Å²) in [5.41, 5.74) is -0.481. The van der Waals surface area contributed by atoms with Gasteiger partial charge in [-0.05, 0) is 5.56 Å². The van der Waals surface area contributed by atoms with Crippen LogP contribution in [0.25, 0.3) is 0 Å². The van der Waals surface area contributed by atoms with Gasteiger partial charge in [-0.15, -0.1) is 0 Å². The number of nitrogens with zero attached hydrogens (tertiary/aromatic N) is 5. The van der Waals surface area contributed by atoms with Crippen LogP contribution >= 0.6 is 0 Å². The van der Waals surface area contributed by atoms with Crippen LogP contribution in [0.3, 0.4) is 0 Å². The first kappa shape index (κ1) is 16.1. The first-order chi connectivity index (χ1) is 11.7. The van der Waals surface area contributed by atoms with Crippen molar-refractivity contribution < 1.29 is 4.74 Å². The van der Waals surface area contributed by atoms with E-state index in [0.717, 1.165) is 5.56 Å².